The summed E-state index contributed by atoms with van der Waals surface area (Å²) in [6, 6.07) is 50.5. The SMILES string of the molecule is COc1ccc(-c2c3ccccc3c(-c3ccc(OC)cc3)c3c(Cc4cccc5cc6ccccc6c(C)c45)cccc23)cc1. The Hall–Kier alpha value is -5.60. The highest BCUT2D eigenvalue weighted by atomic mass is 16.5. The molecule has 0 aliphatic rings. The van der Waals surface area contributed by atoms with Crippen molar-refractivity contribution in [2.75, 3.05) is 14.2 Å². The third-order valence-electron chi connectivity index (χ3n) is 9.51. The maximum absolute atomic E-state index is 5.55. The number of hydrogen-bond acceptors (Lipinski definition) is 2. The van der Waals surface area contributed by atoms with E-state index in [0.717, 1.165) is 17.9 Å². The van der Waals surface area contributed by atoms with E-state index in [2.05, 4.69) is 146 Å². The molecular weight excluding hydrogens is 560 g/mol. The molecule has 0 fully saturated rings. The summed E-state index contributed by atoms with van der Waals surface area (Å²) < 4.78 is 11.1. The van der Waals surface area contributed by atoms with Gasteiger partial charge < -0.3 is 9.47 Å². The molecule has 2 nitrogen and oxygen atoms in total. The Labute approximate surface area is 269 Å². The Morgan fingerprint density at radius 3 is 1.59 bits per heavy atom. The summed E-state index contributed by atoms with van der Waals surface area (Å²) in [6.07, 6.45) is 0.817. The van der Waals surface area contributed by atoms with Gasteiger partial charge >= 0.3 is 0 Å². The van der Waals surface area contributed by atoms with Crippen LogP contribution in [0, 0.1) is 6.92 Å². The summed E-state index contributed by atoms with van der Waals surface area (Å²) in [6.45, 7) is 2.27. The average molecular weight is 595 g/mol. The Morgan fingerprint density at radius 1 is 0.435 bits per heavy atom. The first-order valence-corrected chi connectivity index (χ1v) is 15.8. The summed E-state index contributed by atoms with van der Waals surface area (Å²) in [5, 5.41) is 10.2. The van der Waals surface area contributed by atoms with E-state index < -0.39 is 0 Å². The van der Waals surface area contributed by atoms with E-state index in [-0.39, 0.29) is 0 Å². The molecule has 8 aromatic carbocycles. The Kier molecular flexibility index (Phi) is 6.92. The minimum Gasteiger partial charge on any atom is -0.497 e. The fourth-order valence-electron chi connectivity index (χ4n) is 7.39. The number of benzene rings is 8. The van der Waals surface area contributed by atoms with Crippen LogP contribution in [0.15, 0.2) is 140 Å². The van der Waals surface area contributed by atoms with E-state index in [9.17, 15) is 0 Å². The number of ether oxygens (including phenoxy) is 2. The molecule has 0 amide bonds. The Bertz CT molecular complexity index is 2400. The van der Waals surface area contributed by atoms with Gasteiger partial charge in [-0.05, 0) is 126 Å². The lowest BCUT2D eigenvalue weighted by molar-refractivity contribution is 0.415. The highest BCUT2D eigenvalue weighted by Gasteiger charge is 2.20. The Morgan fingerprint density at radius 2 is 0.935 bits per heavy atom. The van der Waals surface area contributed by atoms with Crippen LogP contribution in [0.1, 0.15) is 16.7 Å². The quantitative estimate of drug-likeness (QED) is 0.178. The third kappa shape index (κ3) is 4.57. The summed E-state index contributed by atoms with van der Waals surface area (Å²) in [7, 11) is 3.43. The van der Waals surface area contributed by atoms with Crippen molar-refractivity contribution in [1.82, 2.24) is 0 Å². The van der Waals surface area contributed by atoms with Gasteiger partial charge in [0.1, 0.15) is 11.5 Å². The fraction of sp³-hybridized carbons (Fsp3) is 0.0909. The molecule has 0 saturated heterocycles. The number of aryl methyl sites for hydroxylation is 1. The zero-order valence-corrected chi connectivity index (χ0v) is 26.3. The first-order chi connectivity index (χ1) is 22.6. The second kappa shape index (κ2) is 11.4. The number of fused-ring (bicyclic) bond motifs is 4. The van der Waals surface area contributed by atoms with Gasteiger partial charge in [0, 0.05) is 0 Å². The maximum atomic E-state index is 5.55. The van der Waals surface area contributed by atoms with Gasteiger partial charge in [0.15, 0.2) is 0 Å². The summed E-state index contributed by atoms with van der Waals surface area (Å²) in [5.74, 6) is 1.71. The lowest BCUT2D eigenvalue weighted by Crippen LogP contribution is -1.98. The molecule has 0 atom stereocenters. The average Bonchev–Trinajstić information content (AvgIpc) is 3.11. The highest BCUT2D eigenvalue weighted by molar-refractivity contribution is 6.22. The summed E-state index contributed by atoms with van der Waals surface area (Å²) in [4.78, 5) is 0. The van der Waals surface area contributed by atoms with Crippen molar-refractivity contribution < 1.29 is 9.47 Å². The third-order valence-corrected chi connectivity index (χ3v) is 9.51. The second-order valence-corrected chi connectivity index (χ2v) is 12.0. The minimum absolute atomic E-state index is 0.817. The van der Waals surface area contributed by atoms with Gasteiger partial charge in [-0.15, -0.1) is 0 Å². The molecule has 0 unspecified atom stereocenters. The first-order valence-electron chi connectivity index (χ1n) is 15.8. The number of methoxy groups -OCH3 is 2. The molecular formula is C44H34O2. The monoisotopic (exact) mass is 594 g/mol. The zero-order chi connectivity index (χ0) is 31.2. The van der Waals surface area contributed by atoms with Crippen LogP contribution in [0.2, 0.25) is 0 Å². The van der Waals surface area contributed by atoms with Crippen LogP contribution in [-0.2, 0) is 6.42 Å². The van der Waals surface area contributed by atoms with Crippen LogP contribution in [0.5, 0.6) is 11.5 Å². The lowest BCUT2D eigenvalue weighted by atomic mass is 9.82. The summed E-state index contributed by atoms with van der Waals surface area (Å²) >= 11 is 0. The largest absolute Gasteiger partial charge is 0.497 e. The van der Waals surface area contributed by atoms with Crippen LogP contribution in [0.3, 0.4) is 0 Å². The van der Waals surface area contributed by atoms with E-state index in [1.807, 2.05) is 0 Å². The van der Waals surface area contributed by atoms with Crippen molar-refractivity contribution in [3.8, 4) is 33.8 Å². The van der Waals surface area contributed by atoms with Gasteiger partial charge in [-0.25, -0.2) is 0 Å². The van der Waals surface area contributed by atoms with E-state index in [4.69, 9.17) is 9.47 Å². The van der Waals surface area contributed by atoms with Gasteiger partial charge in [-0.2, -0.15) is 0 Å². The molecule has 0 spiro atoms. The van der Waals surface area contributed by atoms with Crippen LogP contribution >= 0.6 is 0 Å². The van der Waals surface area contributed by atoms with E-state index in [0.29, 0.717) is 0 Å². The zero-order valence-electron chi connectivity index (χ0n) is 26.3. The molecule has 0 heterocycles. The smallest absolute Gasteiger partial charge is 0.118 e. The minimum atomic E-state index is 0.817. The molecule has 222 valence electrons. The molecule has 0 aromatic heterocycles. The molecule has 0 aliphatic carbocycles. The first kappa shape index (κ1) is 27.9. The van der Waals surface area contributed by atoms with Crippen molar-refractivity contribution in [2.24, 2.45) is 0 Å². The number of hydrogen-bond donors (Lipinski definition) is 0. The standard InChI is InChI=1S/C44H34O2/c1-28-37-14-5-4-10-31(37)26-32-11-8-12-33(41(28)32)27-34-13-9-17-40-42(29-18-22-35(45-2)23-19-29)38-15-6-7-16-39(38)43(44(34)40)30-20-24-36(46-3)25-21-30/h4-26H,27H2,1-3H3. The molecule has 0 saturated carbocycles. The molecule has 8 rings (SSSR count). The number of rotatable bonds is 6. The molecule has 8 aromatic rings. The fourth-order valence-corrected chi connectivity index (χ4v) is 7.39. The second-order valence-electron chi connectivity index (χ2n) is 12.0. The van der Waals surface area contributed by atoms with Gasteiger partial charge in [0.05, 0.1) is 14.2 Å². The van der Waals surface area contributed by atoms with Gasteiger partial charge in [-0.3, -0.25) is 0 Å². The normalized spacial score (nSPS) is 11.5. The summed E-state index contributed by atoms with van der Waals surface area (Å²) in [5.41, 5.74) is 8.83. The van der Waals surface area contributed by atoms with Gasteiger partial charge in [0.25, 0.3) is 0 Å². The van der Waals surface area contributed by atoms with Crippen molar-refractivity contribution in [2.45, 2.75) is 13.3 Å². The van der Waals surface area contributed by atoms with Crippen LogP contribution in [-0.4, -0.2) is 14.2 Å². The van der Waals surface area contributed by atoms with E-state index in [1.54, 1.807) is 14.2 Å². The van der Waals surface area contributed by atoms with Crippen molar-refractivity contribution in [1.29, 1.82) is 0 Å². The molecule has 0 radical (unpaired) electrons. The predicted molar refractivity (Wildman–Crippen MR) is 194 cm³/mol. The highest BCUT2D eigenvalue weighted by Crippen LogP contribution is 2.46. The van der Waals surface area contributed by atoms with Crippen molar-refractivity contribution >= 4 is 43.1 Å². The van der Waals surface area contributed by atoms with Crippen LogP contribution in [0.4, 0.5) is 0 Å². The van der Waals surface area contributed by atoms with E-state index >= 15 is 0 Å². The molecule has 2 heteroatoms. The predicted octanol–water partition coefficient (Wildman–Crippen LogP) is 11.5. The van der Waals surface area contributed by atoms with Crippen LogP contribution < -0.4 is 9.47 Å². The molecule has 46 heavy (non-hydrogen) atoms. The Balaban J connectivity index is 1.45. The van der Waals surface area contributed by atoms with E-state index in [1.165, 1.54) is 82.0 Å². The van der Waals surface area contributed by atoms with Crippen LogP contribution in [0.25, 0.3) is 65.3 Å². The van der Waals surface area contributed by atoms with Crippen molar-refractivity contribution in [3.63, 3.8) is 0 Å². The maximum Gasteiger partial charge on any atom is 0.118 e. The molecule has 0 aliphatic heterocycles. The lowest BCUT2D eigenvalue weighted by Gasteiger charge is -2.21. The van der Waals surface area contributed by atoms with Crippen molar-refractivity contribution in [3.05, 3.63) is 156 Å². The molecule has 0 bridgehead atoms. The van der Waals surface area contributed by atoms with Gasteiger partial charge in [-0.1, -0.05) is 109 Å². The van der Waals surface area contributed by atoms with Gasteiger partial charge in [0.2, 0.25) is 0 Å². The molecule has 0 N–H and O–H groups in total. The topological polar surface area (TPSA) is 18.5 Å².